The van der Waals surface area contributed by atoms with Gasteiger partial charge in [0.2, 0.25) is 11.8 Å². The Hall–Kier alpha value is -1.57. The maximum atomic E-state index is 14.9. The molecule has 4 aliphatic rings. The third-order valence-corrected chi connectivity index (χ3v) is 7.10. The molecule has 2 atom stereocenters. The normalized spacial score (nSPS) is 35.1. The van der Waals surface area contributed by atoms with Crippen molar-refractivity contribution in [2.24, 2.45) is 11.7 Å². The average molecular weight is 405 g/mol. The molecule has 2 heterocycles. The summed E-state index contributed by atoms with van der Waals surface area (Å²) in [6.07, 6.45) is 11.6. The largest absolute Gasteiger partial charge is 0.328 e. The Morgan fingerprint density at radius 2 is 1.79 bits per heavy atom. The molecule has 160 valence electrons. The van der Waals surface area contributed by atoms with E-state index in [-0.39, 0.29) is 36.0 Å². The zero-order chi connectivity index (χ0) is 20.4. The fraction of sp³-hybridized carbons (Fsp3) is 0.727. The first kappa shape index (κ1) is 20.7. The number of nitrogens with one attached hydrogen (secondary N) is 2. The van der Waals surface area contributed by atoms with E-state index >= 15 is 0 Å². The molecule has 2 unspecified atom stereocenters. The summed E-state index contributed by atoms with van der Waals surface area (Å²) in [7, 11) is 0. The fourth-order valence-electron chi connectivity index (χ4n) is 5.31. The van der Waals surface area contributed by atoms with E-state index in [0.717, 1.165) is 44.3 Å². The van der Waals surface area contributed by atoms with Crippen LogP contribution in [0, 0.1) is 5.92 Å². The van der Waals surface area contributed by atoms with Crippen LogP contribution in [0.3, 0.4) is 0 Å². The predicted molar refractivity (Wildman–Crippen MR) is 110 cm³/mol. The molecule has 2 aliphatic heterocycles. The lowest BCUT2D eigenvalue weighted by Gasteiger charge is -2.41. The molecule has 4 rings (SSSR count). The van der Waals surface area contributed by atoms with Gasteiger partial charge >= 0.3 is 0 Å². The van der Waals surface area contributed by atoms with Crippen LogP contribution in [-0.2, 0) is 9.59 Å². The van der Waals surface area contributed by atoms with Gasteiger partial charge in [-0.3, -0.25) is 20.2 Å². The lowest BCUT2D eigenvalue weighted by Crippen LogP contribution is -2.53. The number of rotatable bonds is 4. The fourth-order valence-corrected chi connectivity index (χ4v) is 5.31. The number of nitrogens with zero attached hydrogens (tertiary/aromatic N) is 1. The van der Waals surface area contributed by atoms with Crippen molar-refractivity contribution in [1.29, 1.82) is 0 Å². The molecule has 7 heteroatoms. The van der Waals surface area contributed by atoms with Crippen LogP contribution in [0.5, 0.6) is 0 Å². The van der Waals surface area contributed by atoms with Crippen LogP contribution in [-0.4, -0.2) is 54.0 Å². The molecule has 0 aromatic heterocycles. The number of carbonyl (C=O) groups excluding carboxylic acids is 2. The van der Waals surface area contributed by atoms with Crippen molar-refractivity contribution in [3.63, 3.8) is 0 Å². The van der Waals surface area contributed by atoms with Gasteiger partial charge in [0.1, 0.15) is 5.83 Å². The van der Waals surface area contributed by atoms with E-state index < -0.39 is 6.04 Å². The predicted octanol–water partition coefficient (Wildman–Crippen LogP) is 1.92. The molecular formula is C22H33FN4O2. The molecule has 0 bridgehead atoms. The Kier molecular flexibility index (Phi) is 6.47. The molecule has 1 saturated carbocycles. The van der Waals surface area contributed by atoms with E-state index in [1.807, 2.05) is 12.2 Å². The lowest BCUT2D eigenvalue weighted by molar-refractivity contribution is -0.134. The number of hydrogen-bond donors (Lipinski definition) is 3. The molecule has 0 radical (unpaired) electrons. The zero-order valence-corrected chi connectivity index (χ0v) is 17.0. The summed E-state index contributed by atoms with van der Waals surface area (Å²) >= 11 is 0. The van der Waals surface area contributed by atoms with E-state index in [0.29, 0.717) is 24.9 Å². The zero-order valence-electron chi connectivity index (χ0n) is 17.0. The van der Waals surface area contributed by atoms with Gasteiger partial charge in [0.15, 0.2) is 0 Å². The Balaban J connectivity index is 1.27. The molecule has 0 spiro atoms. The monoisotopic (exact) mass is 404 g/mol. The maximum Gasteiger partial charge on any atom is 0.243 e. The minimum absolute atomic E-state index is 0.0561. The first-order valence-corrected chi connectivity index (χ1v) is 11.2. The van der Waals surface area contributed by atoms with Crippen LogP contribution < -0.4 is 16.4 Å². The number of amides is 2. The number of imide groups is 1. The summed E-state index contributed by atoms with van der Waals surface area (Å²) in [5.74, 6) is -0.312. The molecule has 2 amide bonds. The number of carbonyl (C=O) groups is 2. The van der Waals surface area contributed by atoms with E-state index in [4.69, 9.17) is 5.73 Å². The van der Waals surface area contributed by atoms with Gasteiger partial charge in [-0.05, 0) is 69.5 Å². The summed E-state index contributed by atoms with van der Waals surface area (Å²) in [4.78, 5) is 25.8. The first-order valence-electron chi connectivity index (χ1n) is 11.2. The SMILES string of the molecule is NC1CCC(N2CCC(C3=C(F)CC(NC4CCC(=O)NC4=O)C=C3)CC2)CC1. The maximum absolute atomic E-state index is 14.9. The Bertz CT molecular complexity index is 691. The van der Waals surface area contributed by atoms with Crippen LogP contribution >= 0.6 is 0 Å². The van der Waals surface area contributed by atoms with Crippen molar-refractivity contribution in [3.8, 4) is 0 Å². The molecule has 0 aromatic carbocycles. The number of piperidine rings is 2. The van der Waals surface area contributed by atoms with Crippen LogP contribution in [0.15, 0.2) is 23.6 Å². The second kappa shape index (κ2) is 9.06. The highest BCUT2D eigenvalue weighted by Crippen LogP contribution is 2.34. The lowest BCUT2D eigenvalue weighted by atomic mass is 9.83. The van der Waals surface area contributed by atoms with Crippen LogP contribution in [0.25, 0.3) is 0 Å². The molecule has 29 heavy (non-hydrogen) atoms. The second-order valence-corrected chi connectivity index (χ2v) is 9.08. The summed E-state index contributed by atoms with van der Waals surface area (Å²) in [6.45, 7) is 2.07. The quantitative estimate of drug-likeness (QED) is 0.623. The number of nitrogens with two attached hydrogens (primary N) is 1. The summed E-state index contributed by atoms with van der Waals surface area (Å²) in [6, 6.07) is 0.397. The Morgan fingerprint density at radius 1 is 1.07 bits per heavy atom. The standard InChI is InChI=1S/C22H33FN4O2/c23-19-13-16(25-20-7-8-21(28)26-22(20)29)3-6-18(19)14-9-11-27(12-10-14)17-4-1-15(24)2-5-17/h3,6,14-17,20,25H,1-2,4-5,7-13,24H2,(H,26,28,29). The topological polar surface area (TPSA) is 87.5 Å². The van der Waals surface area contributed by atoms with Gasteiger partial charge in [0, 0.05) is 31.0 Å². The van der Waals surface area contributed by atoms with Crippen LogP contribution in [0.1, 0.15) is 57.8 Å². The highest BCUT2D eigenvalue weighted by Gasteiger charge is 2.32. The van der Waals surface area contributed by atoms with E-state index in [1.165, 1.54) is 12.8 Å². The summed E-state index contributed by atoms with van der Waals surface area (Å²) in [5.41, 5.74) is 6.87. The van der Waals surface area contributed by atoms with Gasteiger partial charge < -0.3 is 10.6 Å². The second-order valence-electron chi connectivity index (χ2n) is 9.08. The van der Waals surface area contributed by atoms with E-state index in [9.17, 15) is 14.0 Å². The Labute approximate surface area is 172 Å². The van der Waals surface area contributed by atoms with Gasteiger partial charge in [-0.25, -0.2) is 4.39 Å². The van der Waals surface area contributed by atoms with Gasteiger partial charge in [0.25, 0.3) is 0 Å². The minimum atomic E-state index is -0.427. The molecule has 4 N–H and O–H groups in total. The number of hydrogen-bond acceptors (Lipinski definition) is 5. The number of likely N-dealkylation sites (tertiary alicyclic amines) is 1. The number of halogens is 1. The molecule has 3 fully saturated rings. The van der Waals surface area contributed by atoms with Crippen molar-refractivity contribution in [2.45, 2.75) is 82.0 Å². The molecule has 6 nitrogen and oxygen atoms in total. The molecular weight excluding hydrogens is 371 g/mol. The third-order valence-electron chi connectivity index (χ3n) is 7.10. The van der Waals surface area contributed by atoms with Crippen molar-refractivity contribution < 1.29 is 14.0 Å². The molecule has 2 aliphatic carbocycles. The number of allylic oxidation sites excluding steroid dienone is 2. The van der Waals surface area contributed by atoms with Crippen molar-refractivity contribution in [2.75, 3.05) is 13.1 Å². The Morgan fingerprint density at radius 3 is 2.45 bits per heavy atom. The average Bonchev–Trinajstić information content (AvgIpc) is 2.71. The van der Waals surface area contributed by atoms with Gasteiger partial charge in [-0.1, -0.05) is 12.2 Å². The van der Waals surface area contributed by atoms with Crippen molar-refractivity contribution in [3.05, 3.63) is 23.6 Å². The minimum Gasteiger partial charge on any atom is -0.328 e. The van der Waals surface area contributed by atoms with Crippen LogP contribution in [0.4, 0.5) is 4.39 Å². The van der Waals surface area contributed by atoms with E-state index in [1.54, 1.807) is 0 Å². The molecule has 0 aromatic rings. The van der Waals surface area contributed by atoms with Crippen molar-refractivity contribution in [1.82, 2.24) is 15.5 Å². The van der Waals surface area contributed by atoms with Crippen LogP contribution in [0.2, 0.25) is 0 Å². The van der Waals surface area contributed by atoms with Gasteiger partial charge in [0.05, 0.1) is 6.04 Å². The summed E-state index contributed by atoms with van der Waals surface area (Å²) in [5, 5.41) is 5.53. The van der Waals surface area contributed by atoms with Gasteiger partial charge in [-0.2, -0.15) is 0 Å². The highest BCUT2D eigenvalue weighted by molar-refractivity contribution is 6.00. The summed E-state index contributed by atoms with van der Waals surface area (Å²) < 4.78 is 14.9. The smallest absolute Gasteiger partial charge is 0.243 e. The molecule has 2 saturated heterocycles. The third kappa shape index (κ3) is 4.95. The van der Waals surface area contributed by atoms with E-state index in [2.05, 4.69) is 15.5 Å². The van der Waals surface area contributed by atoms with Gasteiger partial charge in [-0.15, -0.1) is 0 Å². The highest BCUT2D eigenvalue weighted by atomic mass is 19.1. The first-order chi connectivity index (χ1) is 14.0. The van der Waals surface area contributed by atoms with Crippen molar-refractivity contribution >= 4 is 11.8 Å².